The highest BCUT2D eigenvalue weighted by molar-refractivity contribution is 6.29. The first-order valence-electron chi connectivity index (χ1n) is 4.45. The van der Waals surface area contributed by atoms with E-state index in [1.165, 1.54) is 0 Å². The highest BCUT2D eigenvalue weighted by atomic mass is 35.5. The van der Waals surface area contributed by atoms with Crippen molar-refractivity contribution in [1.82, 2.24) is 4.98 Å². The second kappa shape index (κ2) is 5.66. The van der Waals surface area contributed by atoms with E-state index in [0.29, 0.717) is 5.15 Å². The molecule has 0 aliphatic carbocycles. The lowest BCUT2D eigenvalue weighted by molar-refractivity contribution is 0.132. The standard InChI is InChI=1S/C10H15ClN2O.ClH/c1-10(2,6-14)9(12)7-3-4-8(11)13-5-7;/h3-5,9,14H,6,12H2,1-2H3;1H/t9-;/m1./s1. The number of aliphatic hydroxyl groups is 1. The molecule has 0 bridgehead atoms. The Labute approximate surface area is 101 Å². The fourth-order valence-corrected chi connectivity index (χ4v) is 1.23. The summed E-state index contributed by atoms with van der Waals surface area (Å²) in [6.07, 6.45) is 1.64. The van der Waals surface area contributed by atoms with E-state index >= 15 is 0 Å². The molecule has 0 unspecified atom stereocenters. The lowest BCUT2D eigenvalue weighted by atomic mass is 9.82. The summed E-state index contributed by atoms with van der Waals surface area (Å²) in [4.78, 5) is 3.95. The van der Waals surface area contributed by atoms with E-state index in [2.05, 4.69) is 4.98 Å². The molecule has 0 spiro atoms. The van der Waals surface area contributed by atoms with Gasteiger partial charge in [-0.25, -0.2) is 4.98 Å². The fourth-order valence-electron chi connectivity index (χ4n) is 1.12. The van der Waals surface area contributed by atoms with Gasteiger partial charge in [-0.15, -0.1) is 12.4 Å². The Bertz CT molecular complexity index is 301. The highest BCUT2D eigenvalue weighted by Crippen LogP contribution is 2.30. The molecule has 0 fully saturated rings. The van der Waals surface area contributed by atoms with E-state index in [0.717, 1.165) is 5.56 Å². The molecule has 0 amide bonds. The largest absolute Gasteiger partial charge is 0.396 e. The van der Waals surface area contributed by atoms with Crippen molar-refractivity contribution in [2.75, 3.05) is 6.61 Å². The van der Waals surface area contributed by atoms with Gasteiger partial charge in [0.05, 0.1) is 0 Å². The van der Waals surface area contributed by atoms with Crippen molar-refractivity contribution in [3.05, 3.63) is 29.0 Å². The maximum atomic E-state index is 9.15. The van der Waals surface area contributed by atoms with Gasteiger partial charge in [0.1, 0.15) is 5.15 Å². The van der Waals surface area contributed by atoms with Crippen LogP contribution in [0.3, 0.4) is 0 Å². The molecule has 3 nitrogen and oxygen atoms in total. The predicted octanol–water partition coefficient (Wildman–Crippen LogP) is 2.18. The number of hydrogen-bond acceptors (Lipinski definition) is 3. The molecule has 0 aliphatic rings. The first kappa shape index (κ1) is 14.6. The average molecular weight is 251 g/mol. The first-order valence-corrected chi connectivity index (χ1v) is 4.83. The normalized spacial score (nSPS) is 13.1. The van der Waals surface area contributed by atoms with Crippen LogP contribution in [0.2, 0.25) is 5.15 Å². The van der Waals surface area contributed by atoms with Crippen LogP contribution in [0.5, 0.6) is 0 Å². The Kier molecular flexibility index (Phi) is 5.53. The molecular formula is C10H16Cl2N2O. The Morgan fingerprint density at radius 1 is 1.53 bits per heavy atom. The number of halogens is 2. The van der Waals surface area contributed by atoms with Gasteiger partial charge in [-0.2, -0.15) is 0 Å². The van der Waals surface area contributed by atoms with Crippen molar-refractivity contribution in [2.45, 2.75) is 19.9 Å². The number of aliphatic hydroxyl groups excluding tert-OH is 1. The van der Waals surface area contributed by atoms with Crippen LogP contribution in [0.1, 0.15) is 25.5 Å². The second-order valence-electron chi connectivity index (χ2n) is 4.04. The van der Waals surface area contributed by atoms with Gasteiger partial charge in [0, 0.05) is 24.3 Å². The highest BCUT2D eigenvalue weighted by Gasteiger charge is 2.26. The quantitative estimate of drug-likeness (QED) is 0.809. The third kappa shape index (κ3) is 3.61. The summed E-state index contributed by atoms with van der Waals surface area (Å²) >= 11 is 5.66. The summed E-state index contributed by atoms with van der Waals surface area (Å²) in [6, 6.07) is 3.29. The van der Waals surface area contributed by atoms with Crippen molar-refractivity contribution in [1.29, 1.82) is 0 Å². The number of aromatic nitrogens is 1. The molecule has 0 saturated carbocycles. The minimum absolute atomic E-state index is 0. The summed E-state index contributed by atoms with van der Waals surface area (Å²) in [7, 11) is 0. The summed E-state index contributed by atoms with van der Waals surface area (Å²) in [5.41, 5.74) is 6.52. The molecule has 1 aromatic rings. The average Bonchev–Trinajstić information content (AvgIpc) is 2.18. The van der Waals surface area contributed by atoms with Crippen LogP contribution in [-0.2, 0) is 0 Å². The van der Waals surface area contributed by atoms with Gasteiger partial charge in [-0.1, -0.05) is 31.5 Å². The molecule has 0 radical (unpaired) electrons. The van der Waals surface area contributed by atoms with Gasteiger partial charge in [0.15, 0.2) is 0 Å². The van der Waals surface area contributed by atoms with Gasteiger partial charge in [-0.3, -0.25) is 0 Å². The smallest absolute Gasteiger partial charge is 0.129 e. The van der Waals surface area contributed by atoms with Crippen molar-refractivity contribution in [3.8, 4) is 0 Å². The van der Waals surface area contributed by atoms with Crippen LogP contribution in [-0.4, -0.2) is 16.7 Å². The Morgan fingerprint density at radius 3 is 2.53 bits per heavy atom. The summed E-state index contributed by atoms with van der Waals surface area (Å²) in [5.74, 6) is 0. The molecule has 3 N–H and O–H groups in total. The number of nitrogens with zero attached hydrogens (tertiary/aromatic N) is 1. The topological polar surface area (TPSA) is 59.1 Å². The summed E-state index contributed by atoms with van der Waals surface area (Å²) in [5, 5.41) is 9.60. The Balaban J connectivity index is 0.00000196. The predicted molar refractivity (Wildman–Crippen MR) is 64.3 cm³/mol. The molecule has 0 aromatic carbocycles. The Morgan fingerprint density at radius 2 is 2.13 bits per heavy atom. The minimum atomic E-state index is -0.352. The Hall–Kier alpha value is -0.350. The van der Waals surface area contributed by atoms with E-state index in [1.54, 1.807) is 12.3 Å². The van der Waals surface area contributed by atoms with E-state index in [-0.39, 0.29) is 30.5 Å². The lowest BCUT2D eigenvalue weighted by Crippen LogP contribution is -2.32. The van der Waals surface area contributed by atoms with Gasteiger partial charge in [0.25, 0.3) is 0 Å². The molecule has 1 atom stereocenters. The van der Waals surface area contributed by atoms with Gasteiger partial charge >= 0.3 is 0 Å². The number of hydrogen-bond donors (Lipinski definition) is 2. The SMILES string of the molecule is CC(C)(CO)[C@H](N)c1ccc(Cl)nc1.Cl. The minimum Gasteiger partial charge on any atom is -0.396 e. The zero-order chi connectivity index (χ0) is 10.8. The number of pyridine rings is 1. The summed E-state index contributed by atoms with van der Waals surface area (Å²) < 4.78 is 0. The molecule has 1 rings (SSSR count). The maximum Gasteiger partial charge on any atom is 0.129 e. The van der Waals surface area contributed by atoms with Crippen molar-refractivity contribution >= 4 is 24.0 Å². The molecular weight excluding hydrogens is 235 g/mol. The zero-order valence-corrected chi connectivity index (χ0v) is 10.3. The van der Waals surface area contributed by atoms with Crippen LogP contribution >= 0.6 is 24.0 Å². The number of nitrogens with two attached hydrogens (primary N) is 1. The van der Waals surface area contributed by atoms with Gasteiger partial charge in [-0.05, 0) is 11.6 Å². The van der Waals surface area contributed by atoms with E-state index in [1.807, 2.05) is 19.9 Å². The van der Waals surface area contributed by atoms with Crippen LogP contribution in [0.4, 0.5) is 0 Å². The second-order valence-corrected chi connectivity index (χ2v) is 4.43. The fraction of sp³-hybridized carbons (Fsp3) is 0.500. The van der Waals surface area contributed by atoms with Gasteiger partial charge < -0.3 is 10.8 Å². The molecule has 15 heavy (non-hydrogen) atoms. The van der Waals surface area contributed by atoms with Crippen molar-refractivity contribution in [3.63, 3.8) is 0 Å². The molecule has 0 aliphatic heterocycles. The van der Waals surface area contributed by atoms with E-state index in [4.69, 9.17) is 22.4 Å². The monoisotopic (exact) mass is 250 g/mol. The molecule has 1 aromatic heterocycles. The van der Waals surface area contributed by atoms with Crippen LogP contribution in [0, 0.1) is 5.41 Å². The molecule has 86 valence electrons. The van der Waals surface area contributed by atoms with E-state index in [9.17, 15) is 0 Å². The van der Waals surface area contributed by atoms with Crippen LogP contribution in [0.15, 0.2) is 18.3 Å². The lowest BCUT2D eigenvalue weighted by Gasteiger charge is -2.29. The first-order chi connectivity index (χ1) is 6.47. The molecule has 0 saturated heterocycles. The third-order valence-electron chi connectivity index (χ3n) is 2.36. The van der Waals surface area contributed by atoms with Crippen LogP contribution in [0.25, 0.3) is 0 Å². The van der Waals surface area contributed by atoms with E-state index < -0.39 is 0 Å². The van der Waals surface area contributed by atoms with Crippen molar-refractivity contribution in [2.24, 2.45) is 11.1 Å². The molecule has 1 heterocycles. The maximum absolute atomic E-state index is 9.15. The van der Waals surface area contributed by atoms with Gasteiger partial charge in [0.2, 0.25) is 0 Å². The summed E-state index contributed by atoms with van der Waals surface area (Å²) in [6.45, 7) is 3.86. The van der Waals surface area contributed by atoms with Crippen LogP contribution < -0.4 is 5.73 Å². The van der Waals surface area contributed by atoms with Crippen molar-refractivity contribution < 1.29 is 5.11 Å². The number of rotatable bonds is 3. The third-order valence-corrected chi connectivity index (χ3v) is 2.58. The molecule has 5 heteroatoms. The zero-order valence-electron chi connectivity index (χ0n) is 8.77.